The molecule has 4 nitrogen and oxygen atoms in total. The monoisotopic (exact) mass is 267 g/mol. The lowest BCUT2D eigenvalue weighted by molar-refractivity contribution is 0.0618. The smallest absolute Gasteiger partial charge is 0.273 e. The fraction of sp³-hybridized carbons (Fsp3) is 0.692. The van der Waals surface area contributed by atoms with Crippen molar-refractivity contribution in [3.05, 3.63) is 16.1 Å². The fourth-order valence-corrected chi connectivity index (χ4v) is 3.12. The van der Waals surface area contributed by atoms with Gasteiger partial charge in [-0.2, -0.15) is 0 Å². The summed E-state index contributed by atoms with van der Waals surface area (Å²) in [5, 5.41) is 2.90. The van der Waals surface area contributed by atoms with E-state index >= 15 is 0 Å². The molecule has 0 aromatic carbocycles. The highest BCUT2D eigenvalue weighted by atomic mass is 32.1. The van der Waals surface area contributed by atoms with Crippen molar-refractivity contribution in [2.24, 2.45) is 5.73 Å². The van der Waals surface area contributed by atoms with E-state index in [4.69, 9.17) is 5.73 Å². The van der Waals surface area contributed by atoms with E-state index in [1.165, 1.54) is 6.42 Å². The van der Waals surface area contributed by atoms with Crippen molar-refractivity contribution in [3.63, 3.8) is 0 Å². The van der Waals surface area contributed by atoms with E-state index in [1.54, 1.807) is 11.3 Å². The first-order valence-electron chi connectivity index (χ1n) is 6.60. The molecule has 1 amide bonds. The van der Waals surface area contributed by atoms with Crippen LogP contribution in [0.3, 0.4) is 0 Å². The Kier molecular flexibility index (Phi) is 4.35. The zero-order valence-electron chi connectivity index (χ0n) is 11.1. The molecule has 100 valence electrons. The van der Waals surface area contributed by atoms with Gasteiger partial charge in [0.1, 0.15) is 5.69 Å². The van der Waals surface area contributed by atoms with Crippen LogP contribution in [0, 0.1) is 0 Å². The van der Waals surface area contributed by atoms with Crippen LogP contribution >= 0.6 is 11.3 Å². The summed E-state index contributed by atoms with van der Waals surface area (Å²) in [5.41, 5.74) is 6.34. The summed E-state index contributed by atoms with van der Waals surface area (Å²) in [7, 11) is 0. The number of nitrogens with two attached hydrogens (primary N) is 1. The fourth-order valence-electron chi connectivity index (χ4n) is 2.31. The van der Waals surface area contributed by atoms with Crippen LogP contribution in [0.1, 0.15) is 54.5 Å². The lowest BCUT2D eigenvalue weighted by Crippen LogP contribution is -2.47. The number of amides is 1. The SMILES string of the molecule is CC(C)c1nc(C(=O)N2CCCCC2CN)cs1. The van der Waals surface area contributed by atoms with Crippen LogP contribution < -0.4 is 5.73 Å². The summed E-state index contributed by atoms with van der Waals surface area (Å²) >= 11 is 1.57. The second-order valence-corrected chi connectivity index (χ2v) is 6.00. The molecule has 1 aromatic rings. The van der Waals surface area contributed by atoms with Gasteiger partial charge in [-0.25, -0.2) is 4.98 Å². The summed E-state index contributed by atoms with van der Waals surface area (Å²) in [6.45, 7) is 5.55. The maximum absolute atomic E-state index is 12.4. The summed E-state index contributed by atoms with van der Waals surface area (Å²) < 4.78 is 0. The molecule has 1 aromatic heterocycles. The maximum atomic E-state index is 12.4. The average molecular weight is 267 g/mol. The van der Waals surface area contributed by atoms with Crippen molar-refractivity contribution in [3.8, 4) is 0 Å². The van der Waals surface area contributed by atoms with Crippen LogP contribution in [-0.4, -0.2) is 34.9 Å². The molecule has 1 aliphatic heterocycles. The van der Waals surface area contributed by atoms with Crippen molar-refractivity contribution in [1.29, 1.82) is 0 Å². The molecular formula is C13H21N3OS. The molecule has 1 saturated heterocycles. The number of hydrogen-bond donors (Lipinski definition) is 1. The number of piperidine rings is 1. The molecule has 2 heterocycles. The molecule has 1 atom stereocenters. The van der Waals surface area contributed by atoms with E-state index in [2.05, 4.69) is 18.8 Å². The molecule has 0 radical (unpaired) electrons. The minimum Gasteiger partial charge on any atom is -0.333 e. The van der Waals surface area contributed by atoms with Crippen LogP contribution in [0.5, 0.6) is 0 Å². The van der Waals surface area contributed by atoms with Crippen molar-refractivity contribution in [2.75, 3.05) is 13.1 Å². The van der Waals surface area contributed by atoms with Crippen LogP contribution in [0.2, 0.25) is 0 Å². The summed E-state index contributed by atoms with van der Waals surface area (Å²) in [6, 6.07) is 0.190. The van der Waals surface area contributed by atoms with E-state index in [-0.39, 0.29) is 11.9 Å². The molecule has 0 saturated carbocycles. The minimum absolute atomic E-state index is 0.0494. The zero-order valence-corrected chi connectivity index (χ0v) is 11.9. The van der Waals surface area contributed by atoms with Gasteiger partial charge in [-0.1, -0.05) is 13.8 Å². The molecule has 1 aliphatic rings. The van der Waals surface area contributed by atoms with Gasteiger partial charge in [0.05, 0.1) is 5.01 Å². The number of likely N-dealkylation sites (tertiary alicyclic amines) is 1. The Bertz CT molecular complexity index is 416. The Hall–Kier alpha value is -0.940. The lowest BCUT2D eigenvalue weighted by atomic mass is 10.0. The molecular weight excluding hydrogens is 246 g/mol. The Morgan fingerprint density at radius 2 is 2.39 bits per heavy atom. The minimum atomic E-state index is 0.0494. The van der Waals surface area contributed by atoms with Crippen molar-refractivity contribution < 1.29 is 4.79 Å². The number of nitrogens with zero attached hydrogens (tertiary/aromatic N) is 2. The number of rotatable bonds is 3. The van der Waals surface area contributed by atoms with Gasteiger partial charge in [-0.3, -0.25) is 4.79 Å². The van der Waals surface area contributed by atoms with E-state index in [0.717, 1.165) is 24.4 Å². The first kappa shape index (κ1) is 13.5. The number of aromatic nitrogens is 1. The highest BCUT2D eigenvalue weighted by Crippen LogP contribution is 2.23. The maximum Gasteiger partial charge on any atom is 0.273 e. The normalized spacial score (nSPS) is 20.4. The predicted molar refractivity (Wildman–Crippen MR) is 73.9 cm³/mol. The average Bonchev–Trinajstić information content (AvgIpc) is 2.87. The molecule has 0 bridgehead atoms. The number of carbonyl (C=O) groups excluding carboxylic acids is 1. The molecule has 5 heteroatoms. The third-order valence-corrected chi connectivity index (χ3v) is 4.54. The molecule has 2 rings (SSSR count). The van der Waals surface area contributed by atoms with Gasteiger partial charge in [-0.05, 0) is 19.3 Å². The Labute approximate surface area is 112 Å². The molecule has 2 N–H and O–H groups in total. The highest BCUT2D eigenvalue weighted by Gasteiger charge is 2.27. The van der Waals surface area contributed by atoms with Crippen molar-refractivity contribution in [2.45, 2.75) is 45.1 Å². The van der Waals surface area contributed by atoms with Gasteiger partial charge >= 0.3 is 0 Å². The Balaban J connectivity index is 2.13. The number of carbonyl (C=O) groups is 1. The first-order valence-corrected chi connectivity index (χ1v) is 7.48. The lowest BCUT2D eigenvalue weighted by Gasteiger charge is -2.34. The van der Waals surface area contributed by atoms with Crippen molar-refractivity contribution >= 4 is 17.2 Å². The Morgan fingerprint density at radius 3 is 3.00 bits per heavy atom. The number of thiazole rings is 1. The van der Waals surface area contributed by atoms with E-state index in [0.29, 0.717) is 18.2 Å². The molecule has 0 spiro atoms. The van der Waals surface area contributed by atoms with Crippen LogP contribution in [0.15, 0.2) is 5.38 Å². The second-order valence-electron chi connectivity index (χ2n) is 5.11. The largest absolute Gasteiger partial charge is 0.333 e. The van der Waals surface area contributed by atoms with Gasteiger partial charge in [0.25, 0.3) is 5.91 Å². The van der Waals surface area contributed by atoms with E-state index in [9.17, 15) is 4.79 Å². The van der Waals surface area contributed by atoms with Crippen LogP contribution in [-0.2, 0) is 0 Å². The van der Waals surface area contributed by atoms with Crippen molar-refractivity contribution in [1.82, 2.24) is 9.88 Å². The second kappa shape index (κ2) is 5.80. The van der Waals surface area contributed by atoms with Gasteiger partial charge in [0.15, 0.2) is 0 Å². The third-order valence-electron chi connectivity index (χ3n) is 3.40. The van der Waals surface area contributed by atoms with E-state index < -0.39 is 0 Å². The third kappa shape index (κ3) is 2.72. The quantitative estimate of drug-likeness (QED) is 0.913. The van der Waals surface area contributed by atoms with Crippen LogP contribution in [0.25, 0.3) is 0 Å². The summed E-state index contributed by atoms with van der Waals surface area (Å²) in [4.78, 5) is 18.8. The number of hydrogen-bond acceptors (Lipinski definition) is 4. The van der Waals surface area contributed by atoms with E-state index in [1.807, 2.05) is 10.3 Å². The Morgan fingerprint density at radius 1 is 1.61 bits per heavy atom. The standard InChI is InChI=1S/C13H21N3OS/c1-9(2)12-15-11(8-18-12)13(17)16-6-4-3-5-10(16)7-14/h8-10H,3-7,14H2,1-2H3. The molecule has 0 aliphatic carbocycles. The van der Waals surface area contributed by atoms with Gasteiger partial charge < -0.3 is 10.6 Å². The molecule has 1 fully saturated rings. The summed E-state index contributed by atoms with van der Waals surface area (Å²) in [6.07, 6.45) is 3.26. The topological polar surface area (TPSA) is 59.2 Å². The molecule has 18 heavy (non-hydrogen) atoms. The summed E-state index contributed by atoms with van der Waals surface area (Å²) in [5.74, 6) is 0.427. The molecule has 1 unspecified atom stereocenters. The van der Waals surface area contributed by atoms with Gasteiger partial charge in [0.2, 0.25) is 0 Å². The van der Waals surface area contributed by atoms with Crippen LogP contribution in [0.4, 0.5) is 0 Å². The highest BCUT2D eigenvalue weighted by molar-refractivity contribution is 7.09. The van der Waals surface area contributed by atoms with Gasteiger partial charge in [-0.15, -0.1) is 11.3 Å². The van der Waals surface area contributed by atoms with Gasteiger partial charge in [0, 0.05) is 30.4 Å². The predicted octanol–water partition coefficient (Wildman–Crippen LogP) is 2.22. The first-order chi connectivity index (χ1) is 8.63. The zero-order chi connectivity index (χ0) is 13.1.